The molecule has 2 aliphatic rings. The van der Waals surface area contributed by atoms with Crippen LogP contribution in [0.1, 0.15) is 51.5 Å². The summed E-state index contributed by atoms with van der Waals surface area (Å²) in [7, 11) is 0. The minimum atomic E-state index is -0.752. The summed E-state index contributed by atoms with van der Waals surface area (Å²) in [5, 5.41) is 8.82. The summed E-state index contributed by atoms with van der Waals surface area (Å²) in [4.78, 5) is 28.6. The van der Waals surface area contributed by atoms with Gasteiger partial charge in [-0.1, -0.05) is 26.0 Å². The molecule has 2 heterocycles. The Balaban J connectivity index is 1.66. The van der Waals surface area contributed by atoms with Crippen molar-refractivity contribution < 1.29 is 19.1 Å². The van der Waals surface area contributed by atoms with Crippen LogP contribution in [0.5, 0.6) is 0 Å². The summed E-state index contributed by atoms with van der Waals surface area (Å²) < 4.78 is 13.3. The molecule has 3 rings (SSSR count). The van der Waals surface area contributed by atoms with Crippen molar-refractivity contribution in [3.8, 4) is 0 Å². The molecule has 0 saturated carbocycles. The summed E-state index contributed by atoms with van der Waals surface area (Å²) in [6.07, 6.45) is 4.16. The Morgan fingerprint density at radius 3 is 2.48 bits per heavy atom. The molecular formula is C23H33FN2O3. The van der Waals surface area contributed by atoms with Crippen LogP contribution in [0.25, 0.3) is 0 Å². The van der Waals surface area contributed by atoms with Gasteiger partial charge in [0.05, 0.1) is 5.41 Å². The Morgan fingerprint density at radius 2 is 1.90 bits per heavy atom. The molecule has 0 aromatic heterocycles. The van der Waals surface area contributed by atoms with Crippen LogP contribution in [0, 0.1) is 17.2 Å². The number of hydrogen-bond donors (Lipinski definition) is 1. The molecule has 1 aromatic carbocycles. The van der Waals surface area contributed by atoms with Gasteiger partial charge in [-0.3, -0.25) is 9.59 Å². The van der Waals surface area contributed by atoms with Crippen LogP contribution in [-0.2, 0) is 16.0 Å². The molecule has 6 heteroatoms. The molecule has 0 radical (unpaired) electrons. The van der Waals surface area contributed by atoms with Crippen LogP contribution in [-0.4, -0.2) is 59.0 Å². The number of carbonyl (C=O) groups is 2. The van der Waals surface area contributed by atoms with E-state index in [4.69, 9.17) is 5.11 Å². The second-order valence-corrected chi connectivity index (χ2v) is 9.16. The fraction of sp³-hybridized carbons (Fsp3) is 0.652. The Kier molecular flexibility index (Phi) is 6.93. The molecular weight excluding hydrogens is 371 g/mol. The molecule has 0 unspecified atom stereocenters. The van der Waals surface area contributed by atoms with Gasteiger partial charge in [0.25, 0.3) is 0 Å². The smallest absolute Gasteiger partial charge is 0.303 e. The number of benzene rings is 1. The zero-order valence-electron chi connectivity index (χ0n) is 17.6. The van der Waals surface area contributed by atoms with E-state index in [1.54, 1.807) is 0 Å². The predicted molar refractivity (Wildman–Crippen MR) is 110 cm³/mol. The lowest BCUT2D eigenvalue weighted by Gasteiger charge is -2.38. The number of piperidine rings is 1. The molecule has 0 bridgehead atoms. The van der Waals surface area contributed by atoms with Crippen LogP contribution in [0.2, 0.25) is 0 Å². The standard InChI is InChI=1S/C23H33FN2O3/c1-17(2)16-26-20(14-18-5-7-19(24)8-6-18)15-23(22(26)29)9-12-25(13-10-23)11-3-4-21(27)28/h5-8,17,20H,3-4,9-16H2,1-2H3,(H,27,28)/t20-/m0/s1. The maximum atomic E-state index is 13.5. The number of nitrogens with zero attached hydrogens (tertiary/aromatic N) is 2. The molecule has 1 N–H and O–H groups in total. The van der Waals surface area contributed by atoms with Gasteiger partial charge in [0.1, 0.15) is 5.82 Å². The van der Waals surface area contributed by atoms with E-state index < -0.39 is 5.97 Å². The number of carbonyl (C=O) groups excluding carboxylic acids is 1. The Bertz CT molecular complexity index is 711. The average Bonchev–Trinajstić information content (AvgIpc) is 2.90. The average molecular weight is 405 g/mol. The lowest BCUT2D eigenvalue weighted by atomic mass is 9.75. The number of rotatable bonds is 8. The monoisotopic (exact) mass is 404 g/mol. The van der Waals surface area contributed by atoms with Crippen molar-refractivity contribution in [1.29, 1.82) is 0 Å². The van der Waals surface area contributed by atoms with Crippen LogP contribution in [0.15, 0.2) is 24.3 Å². The van der Waals surface area contributed by atoms with Gasteiger partial charge < -0.3 is 14.9 Å². The third kappa shape index (κ3) is 5.35. The minimum Gasteiger partial charge on any atom is -0.481 e. The molecule has 2 fully saturated rings. The second-order valence-electron chi connectivity index (χ2n) is 9.16. The fourth-order valence-electron chi connectivity index (χ4n) is 4.90. The molecule has 160 valence electrons. The topological polar surface area (TPSA) is 60.9 Å². The van der Waals surface area contributed by atoms with E-state index in [1.807, 2.05) is 12.1 Å². The van der Waals surface area contributed by atoms with E-state index in [2.05, 4.69) is 23.6 Å². The number of likely N-dealkylation sites (tertiary alicyclic amines) is 2. The van der Waals surface area contributed by atoms with Crippen LogP contribution in [0.3, 0.4) is 0 Å². The molecule has 0 aliphatic carbocycles. The number of carboxylic acid groups (broad SMARTS) is 1. The zero-order valence-corrected chi connectivity index (χ0v) is 17.6. The first-order valence-electron chi connectivity index (χ1n) is 10.8. The summed E-state index contributed by atoms with van der Waals surface area (Å²) in [6, 6.07) is 6.79. The van der Waals surface area contributed by atoms with Crippen LogP contribution in [0.4, 0.5) is 4.39 Å². The fourth-order valence-corrected chi connectivity index (χ4v) is 4.90. The van der Waals surface area contributed by atoms with E-state index in [0.29, 0.717) is 12.3 Å². The lowest BCUT2D eigenvalue weighted by molar-refractivity contribution is -0.139. The molecule has 2 aliphatic heterocycles. The predicted octanol–water partition coefficient (Wildman–Crippen LogP) is 3.57. The van der Waals surface area contributed by atoms with E-state index >= 15 is 0 Å². The van der Waals surface area contributed by atoms with Crippen molar-refractivity contribution in [1.82, 2.24) is 9.80 Å². The third-order valence-corrected chi connectivity index (χ3v) is 6.41. The van der Waals surface area contributed by atoms with Crippen LogP contribution < -0.4 is 0 Å². The highest BCUT2D eigenvalue weighted by atomic mass is 19.1. The molecule has 29 heavy (non-hydrogen) atoms. The first-order chi connectivity index (χ1) is 13.8. The summed E-state index contributed by atoms with van der Waals surface area (Å²) >= 11 is 0. The van der Waals surface area contributed by atoms with Crippen molar-refractivity contribution in [2.45, 2.75) is 58.4 Å². The van der Waals surface area contributed by atoms with Crippen molar-refractivity contribution in [2.24, 2.45) is 11.3 Å². The normalized spacial score (nSPS) is 22.0. The number of halogens is 1. The Hall–Kier alpha value is -1.95. The van der Waals surface area contributed by atoms with Gasteiger partial charge in [-0.2, -0.15) is 0 Å². The second kappa shape index (κ2) is 9.24. The maximum absolute atomic E-state index is 13.5. The van der Waals surface area contributed by atoms with E-state index in [1.165, 1.54) is 12.1 Å². The van der Waals surface area contributed by atoms with E-state index in [9.17, 15) is 14.0 Å². The summed E-state index contributed by atoms with van der Waals surface area (Å²) in [5.41, 5.74) is 0.782. The van der Waals surface area contributed by atoms with Gasteiger partial charge in [0, 0.05) is 19.0 Å². The molecule has 1 amide bonds. The van der Waals surface area contributed by atoms with Crippen molar-refractivity contribution in [3.63, 3.8) is 0 Å². The van der Waals surface area contributed by atoms with E-state index in [-0.39, 0.29) is 29.6 Å². The third-order valence-electron chi connectivity index (χ3n) is 6.41. The first-order valence-corrected chi connectivity index (χ1v) is 10.8. The van der Waals surface area contributed by atoms with E-state index in [0.717, 1.165) is 57.4 Å². The molecule has 1 spiro atoms. The highest BCUT2D eigenvalue weighted by molar-refractivity contribution is 5.85. The zero-order chi connectivity index (χ0) is 21.0. The highest BCUT2D eigenvalue weighted by Crippen LogP contribution is 2.45. The van der Waals surface area contributed by atoms with Gasteiger partial charge in [-0.15, -0.1) is 0 Å². The number of carboxylic acids is 1. The Morgan fingerprint density at radius 1 is 1.24 bits per heavy atom. The molecule has 5 nitrogen and oxygen atoms in total. The molecule has 1 aromatic rings. The molecule has 1 atom stereocenters. The van der Waals surface area contributed by atoms with Gasteiger partial charge in [0.15, 0.2) is 0 Å². The number of hydrogen-bond acceptors (Lipinski definition) is 3. The SMILES string of the molecule is CC(C)CN1C(=O)C2(CCN(CCCC(=O)O)CC2)C[C@@H]1Cc1ccc(F)cc1. The highest BCUT2D eigenvalue weighted by Gasteiger charge is 2.52. The summed E-state index contributed by atoms with van der Waals surface area (Å²) in [5.74, 6) is -0.302. The summed E-state index contributed by atoms with van der Waals surface area (Å²) in [6.45, 7) is 7.52. The largest absolute Gasteiger partial charge is 0.481 e. The lowest BCUT2D eigenvalue weighted by Crippen LogP contribution is -2.45. The number of amides is 1. The van der Waals surface area contributed by atoms with Gasteiger partial charge in [0.2, 0.25) is 5.91 Å². The maximum Gasteiger partial charge on any atom is 0.303 e. The quantitative estimate of drug-likeness (QED) is 0.720. The van der Waals surface area contributed by atoms with Crippen molar-refractivity contribution >= 4 is 11.9 Å². The van der Waals surface area contributed by atoms with Gasteiger partial charge >= 0.3 is 5.97 Å². The van der Waals surface area contributed by atoms with Gasteiger partial charge in [-0.05, 0) is 75.4 Å². The Labute approximate surface area is 172 Å². The van der Waals surface area contributed by atoms with Gasteiger partial charge in [-0.25, -0.2) is 4.39 Å². The van der Waals surface area contributed by atoms with Crippen molar-refractivity contribution in [2.75, 3.05) is 26.2 Å². The van der Waals surface area contributed by atoms with Crippen molar-refractivity contribution in [3.05, 3.63) is 35.6 Å². The van der Waals surface area contributed by atoms with Crippen LogP contribution >= 0.6 is 0 Å². The first kappa shape index (κ1) is 21.8. The molecule has 2 saturated heterocycles. The minimum absolute atomic E-state index is 0.161. The number of aliphatic carboxylic acids is 1.